The first-order chi connectivity index (χ1) is 14.0. The third-order valence-electron chi connectivity index (χ3n) is 5.47. The van der Waals surface area contributed by atoms with E-state index in [9.17, 15) is 9.18 Å². The predicted molar refractivity (Wildman–Crippen MR) is 120 cm³/mol. The molecule has 1 aliphatic heterocycles. The smallest absolute Gasteiger partial charge is 0.133 e. The molecular weight excluding hydrogens is 363 g/mol. The molecule has 0 fully saturated rings. The van der Waals surface area contributed by atoms with Crippen LogP contribution in [0.3, 0.4) is 0 Å². The van der Waals surface area contributed by atoms with Crippen molar-refractivity contribution in [2.45, 2.75) is 84.6 Å². The summed E-state index contributed by atoms with van der Waals surface area (Å²) < 4.78 is 13.8. The molecule has 158 valence electrons. The van der Waals surface area contributed by atoms with E-state index in [2.05, 4.69) is 29.6 Å². The molecule has 1 N–H and O–H groups in total. The van der Waals surface area contributed by atoms with E-state index in [1.165, 1.54) is 6.07 Å². The van der Waals surface area contributed by atoms with E-state index in [0.717, 1.165) is 54.5 Å². The lowest BCUT2D eigenvalue weighted by molar-refractivity contribution is -0.119. The summed E-state index contributed by atoms with van der Waals surface area (Å²) in [6.45, 7) is 8.04. The van der Waals surface area contributed by atoms with Crippen molar-refractivity contribution in [3.8, 4) is 0 Å². The fraction of sp³-hybridized carbons (Fsp3) is 0.520. The van der Waals surface area contributed by atoms with Crippen LogP contribution in [0.4, 0.5) is 4.39 Å². The van der Waals surface area contributed by atoms with Gasteiger partial charge in [0.05, 0.1) is 5.71 Å². The highest BCUT2D eigenvalue weighted by molar-refractivity contribution is 6.03. The number of carbonyl (C=O) groups excluding carboxylic acids is 1. The van der Waals surface area contributed by atoms with Gasteiger partial charge in [-0.25, -0.2) is 4.39 Å². The molecule has 1 aliphatic rings. The number of nitrogens with zero attached hydrogens (tertiary/aromatic N) is 1. The SMILES string of the molecule is C/C=C\C(=C/C)C1=NNC(CCCC(=O)CC(CCC)c2cc(C)cc(F)c2)C1. The van der Waals surface area contributed by atoms with Crippen molar-refractivity contribution in [3.63, 3.8) is 0 Å². The Kier molecular flexibility index (Phi) is 9.30. The van der Waals surface area contributed by atoms with Gasteiger partial charge in [0.15, 0.2) is 0 Å². The van der Waals surface area contributed by atoms with E-state index < -0.39 is 0 Å². The second kappa shape index (κ2) is 11.7. The number of hydrogen-bond donors (Lipinski definition) is 1. The minimum absolute atomic E-state index is 0.111. The van der Waals surface area contributed by atoms with Crippen LogP contribution in [0.15, 0.2) is 47.1 Å². The van der Waals surface area contributed by atoms with Crippen molar-refractivity contribution in [3.05, 3.63) is 58.9 Å². The van der Waals surface area contributed by atoms with Crippen molar-refractivity contribution in [2.75, 3.05) is 0 Å². The van der Waals surface area contributed by atoms with Crippen LogP contribution < -0.4 is 5.43 Å². The molecule has 0 saturated heterocycles. The highest BCUT2D eigenvalue weighted by Gasteiger charge is 2.21. The summed E-state index contributed by atoms with van der Waals surface area (Å²) in [4.78, 5) is 12.6. The minimum atomic E-state index is -0.213. The summed E-state index contributed by atoms with van der Waals surface area (Å²) in [6, 6.07) is 5.44. The quantitative estimate of drug-likeness (QED) is 0.439. The molecule has 0 aliphatic carbocycles. The number of halogens is 1. The maximum absolute atomic E-state index is 13.8. The zero-order valence-corrected chi connectivity index (χ0v) is 18.3. The molecule has 0 bridgehead atoms. The fourth-order valence-electron chi connectivity index (χ4n) is 4.04. The van der Waals surface area contributed by atoms with Gasteiger partial charge in [0.2, 0.25) is 0 Å². The first kappa shape index (κ1) is 23.1. The van der Waals surface area contributed by atoms with Crippen LogP contribution >= 0.6 is 0 Å². The Morgan fingerprint density at radius 2 is 2.14 bits per heavy atom. The molecule has 29 heavy (non-hydrogen) atoms. The molecular formula is C25H35FN2O. The van der Waals surface area contributed by atoms with Crippen molar-refractivity contribution >= 4 is 11.5 Å². The van der Waals surface area contributed by atoms with E-state index in [0.29, 0.717) is 18.9 Å². The fourth-order valence-corrected chi connectivity index (χ4v) is 4.04. The molecule has 0 saturated carbocycles. The molecule has 1 heterocycles. The van der Waals surface area contributed by atoms with Gasteiger partial charge in [0, 0.05) is 25.3 Å². The first-order valence-electron chi connectivity index (χ1n) is 10.9. The Morgan fingerprint density at radius 3 is 2.79 bits per heavy atom. The Labute approximate surface area is 175 Å². The molecule has 0 amide bonds. The molecule has 4 heteroatoms. The second-order valence-corrected chi connectivity index (χ2v) is 8.02. The van der Waals surface area contributed by atoms with Gasteiger partial charge in [-0.05, 0) is 74.8 Å². The topological polar surface area (TPSA) is 41.5 Å². The molecule has 3 nitrogen and oxygen atoms in total. The number of ketones is 1. The monoisotopic (exact) mass is 398 g/mol. The lowest BCUT2D eigenvalue weighted by Crippen LogP contribution is -2.19. The van der Waals surface area contributed by atoms with Crippen molar-refractivity contribution in [1.82, 2.24) is 5.43 Å². The van der Waals surface area contributed by atoms with Crippen molar-refractivity contribution in [1.29, 1.82) is 0 Å². The Balaban J connectivity index is 1.81. The summed E-state index contributed by atoms with van der Waals surface area (Å²) in [6.07, 6.45) is 11.8. The predicted octanol–water partition coefficient (Wildman–Crippen LogP) is 6.39. The van der Waals surface area contributed by atoms with Gasteiger partial charge in [0.1, 0.15) is 11.6 Å². The number of hydrogen-bond acceptors (Lipinski definition) is 3. The molecule has 0 radical (unpaired) electrons. The zero-order valence-electron chi connectivity index (χ0n) is 18.3. The number of benzene rings is 1. The first-order valence-corrected chi connectivity index (χ1v) is 10.9. The number of allylic oxidation sites excluding steroid dienone is 4. The second-order valence-electron chi connectivity index (χ2n) is 8.02. The third kappa shape index (κ3) is 7.26. The molecule has 1 aromatic rings. The largest absolute Gasteiger partial charge is 0.306 e. The summed E-state index contributed by atoms with van der Waals surface area (Å²) in [5.74, 6) is 0.169. The summed E-state index contributed by atoms with van der Waals surface area (Å²) in [5.41, 5.74) is 7.33. The molecule has 0 aromatic heterocycles. The summed E-state index contributed by atoms with van der Waals surface area (Å²) >= 11 is 0. The molecule has 1 aromatic carbocycles. The van der Waals surface area contributed by atoms with Gasteiger partial charge in [-0.3, -0.25) is 4.79 Å². The lowest BCUT2D eigenvalue weighted by atomic mass is 9.87. The van der Waals surface area contributed by atoms with Crippen LogP contribution in [0.2, 0.25) is 0 Å². The van der Waals surface area contributed by atoms with Gasteiger partial charge in [-0.2, -0.15) is 5.10 Å². The van der Waals surface area contributed by atoms with E-state index in [4.69, 9.17) is 0 Å². The number of nitrogens with one attached hydrogen (secondary N) is 1. The Morgan fingerprint density at radius 1 is 1.34 bits per heavy atom. The van der Waals surface area contributed by atoms with Crippen LogP contribution in [-0.4, -0.2) is 17.5 Å². The summed E-state index contributed by atoms with van der Waals surface area (Å²) in [7, 11) is 0. The average molecular weight is 399 g/mol. The number of hydrazone groups is 1. The Hall–Kier alpha value is -2.23. The van der Waals surface area contributed by atoms with Crippen LogP contribution in [0, 0.1) is 12.7 Å². The standard InChI is InChI=1S/C25H35FN2O/c1-5-9-19(7-3)25-17-23(27-28-25)11-8-12-24(29)16-20(10-6-2)21-13-18(4)14-22(26)15-21/h5,7,9,13-15,20,23,27H,6,8,10-12,16-17H2,1-4H3/b9-5-,19-7+. The lowest BCUT2D eigenvalue weighted by Gasteiger charge is -2.17. The zero-order chi connectivity index (χ0) is 21.2. The molecule has 0 spiro atoms. The highest BCUT2D eigenvalue weighted by Crippen LogP contribution is 2.28. The summed E-state index contributed by atoms with van der Waals surface area (Å²) in [5, 5.41) is 4.46. The third-order valence-corrected chi connectivity index (χ3v) is 5.47. The van der Waals surface area contributed by atoms with Crippen LogP contribution in [0.25, 0.3) is 0 Å². The maximum Gasteiger partial charge on any atom is 0.133 e. The Bertz CT molecular complexity index is 759. The highest BCUT2D eigenvalue weighted by atomic mass is 19.1. The van der Waals surface area contributed by atoms with Crippen LogP contribution in [0.1, 0.15) is 82.8 Å². The number of carbonyl (C=O) groups is 1. The number of Topliss-reactive ketones (excluding diaryl/α,β-unsaturated/α-hetero) is 1. The van der Waals surface area contributed by atoms with Crippen molar-refractivity contribution < 1.29 is 9.18 Å². The van der Waals surface area contributed by atoms with Gasteiger partial charge in [-0.1, -0.05) is 37.6 Å². The normalized spacial score (nSPS) is 18.0. The van der Waals surface area contributed by atoms with E-state index in [1.54, 1.807) is 6.07 Å². The molecule has 2 unspecified atom stereocenters. The van der Waals surface area contributed by atoms with Crippen LogP contribution in [0.5, 0.6) is 0 Å². The van der Waals surface area contributed by atoms with Gasteiger partial charge in [0.25, 0.3) is 0 Å². The maximum atomic E-state index is 13.8. The number of rotatable bonds is 11. The van der Waals surface area contributed by atoms with E-state index in [1.807, 2.05) is 32.9 Å². The van der Waals surface area contributed by atoms with Gasteiger partial charge in [-0.15, -0.1) is 0 Å². The average Bonchev–Trinajstić information content (AvgIpc) is 3.13. The molecule has 2 atom stereocenters. The van der Waals surface area contributed by atoms with Gasteiger partial charge >= 0.3 is 0 Å². The van der Waals surface area contributed by atoms with E-state index in [-0.39, 0.29) is 17.5 Å². The van der Waals surface area contributed by atoms with Crippen molar-refractivity contribution in [2.24, 2.45) is 5.10 Å². The minimum Gasteiger partial charge on any atom is -0.306 e. The van der Waals surface area contributed by atoms with Gasteiger partial charge < -0.3 is 5.43 Å². The van der Waals surface area contributed by atoms with Crippen LogP contribution in [-0.2, 0) is 4.79 Å². The molecule has 2 rings (SSSR count). The number of aryl methyl sites for hydroxylation is 1. The van der Waals surface area contributed by atoms with E-state index >= 15 is 0 Å².